The molecule has 2 aromatic carbocycles. The Morgan fingerprint density at radius 2 is 1.62 bits per heavy atom. The number of rotatable bonds is 4. The van der Waals surface area contributed by atoms with E-state index in [1.165, 1.54) is 0 Å². The van der Waals surface area contributed by atoms with Crippen molar-refractivity contribution in [2.45, 2.75) is 33.2 Å². The van der Waals surface area contributed by atoms with Gasteiger partial charge in [-0.15, -0.1) is 0 Å². The van der Waals surface area contributed by atoms with Gasteiger partial charge in [0.15, 0.2) is 0 Å². The number of aromatic nitrogens is 2. The number of amides is 1. The van der Waals surface area contributed by atoms with E-state index >= 15 is 0 Å². The average molecular weight is 349 g/mol. The van der Waals surface area contributed by atoms with Crippen molar-refractivity contribution in [1.29, 1.82) is 0 Å². The second kappa shape index (κ2) is 7.04. The van der Waals surface area contributed by atoms with Gasteiger partial charge in [-0.25, -0.2) is 0 Å². The molecule has 26 heavy (non-hydrogen) atoms. The minimum Gasteiger partial charge on any atom is -0.457 e. The maximum atomic E-state index is 12.6. The Bertz CT molecular complexity index is 891. The molecule has 5 nitrogen and oxygen atoms in total. The number of carbonyl (C=O) groups excluding carboxylic acids is 1. The largest absolute Gasteiger partial charge is 0.457 e. The van der Waals surface area contributed by atoms with Gasteiger partial charge in [-0.2, -0.15) is 5.10 Å². The van der Waals surface area contributed by atoms with E-state index in [9.17, 15) is 4.79 Å². The summed E-state index contributed by atoms with van der Waals surface area (Å²) in [5, 5.41) is 7.25. The van der Waals surface area contributed by atoms with E-state index in [4.69, 9.17) is 4.74 Å². The lowest BCUT2D eigenvalue weighted by Crippen LogP contribution is -2.25. The lowest BCUT2D eigenvalue weighted by atomic mass is 10.1. The number of hydrogen-bond donors (Lipinski definition) is 1. The molecule has 0 saturated carbocycles. The van der Waals surface area contributed by atoms with Crippen molar-refractivity contribution in [3.63, 3.8) is 0 Å². The average Bonchev–Trinajstić information content (AvgIpc) is 2.99. The van der Waals surface area contributed by atoms with Crippen molar-refractivity contribution in [1.82, 2.24) is 9.78 Å². The van der Waals surface area contributed by atoms with E-state index in [0.717, 1.165) is 11.4 Å². The van der Waals surface area contributed by atoms with E-state index in [2.05, 4.69) is 31.2 Å². The quantitative estimate of drug-likeness (QED) is 0.722. The second-order valence-electron chi connectivity index (χ2n) is 7.12. The van der Waals surface area contributed by atoms with Crippen LogP contribution in [0.2, 0.25) is 0 Å². The van der Waals surface area contributed by atoms with Crippen LogP contribution in [0, 0.1) is 6.92 Å². The van der Waals surface area contributed by atoms with Crippen LogP contribution in [-0.2, 0) is 5.54 Å². The Hall–Kier alpha value is -3.08. The van der Waals surface area contributed by atoms with Gasteiger partial charge in [0, 0.05) is 11.4 Å². The fraction of sp³-hybridized carbons (Fsp3) is 0.238. The van der Waals surface area contributed by atoms with Crippen LogP contribution in [0.3, 0.4) is 0 Å². The molecule has 0 spiro atoms. The molecule has 134 valence electrons. The first-order valence-electron chi connectivity index (χ1n) is 8.54. The maximum absolute atomic E-state index is 12.6. The number of nitrogens with one attached hydrogen (secondary N) is 1. The lowest BCUT2D eigenvalue weighted by Gasteiger charge is -2.21. The Morgan fingerprint density at radius 1 is 1.00 bits per heavy atom. The molecule has 1 amide bonds. The molecule has 5 heteroatoms. The first kappa shape index (κ1) is 17.7. The lowest BCUT2D eigenvalue weighted by molar-refractivity contribution is 0.102. The van der Waals surface area contributed by atoms with E-state index in [-0.39, 0.29) is 11.4 Å². The third-order valence-corrected chi connectivity index (χ3v) is 3.98. The van der Waals surface area contributed by atoms with Crippen molar-refractivity contribution in [3.8, 4) is 11.5 Å². The highest BCUT2D eigenvalue weighted by Gasteiger charge is 2.21. The van der Waals surface area contributed by atoms with Crippen LogP contribution in [0.4, 0.5) is 5.69 Å². The van der Waals surface area contributed by atoms with Crippen molar-refractivity contribution in [2.24, 2.45) is 0 Å². The van der Waals surface area contributed by atoms with E-state index < -0.39 is 0 Å². The highest BCUT2D eigenvalue weighted by atomic mass is 16.5. The smallest absolute Gasteiger partial charge is 0.259 e. The molecule has 0 radical (unpaired) electrons. The minimum absolute atomic E-state index is 0.168. The zero-order valence-electron chi connectivity index (χ0n) is 15.5. The summed E-state index contributed by atoms with van der Waals surface area (Å²) >= 11 is 0. The zero-order valence-corrected chi connectivity index (χ0v) is 15.5. The fourth-order valence-corrected chi connectivity index (χ4v) is 2.74. The van der Waals surface area contributed by atoms with Crippen LogP contribution in [0.5, 0.6) is 11.5 Å². The van der Waals surface area contributed by atoms with E-state index in [1.54, 1.807) is 6.20 Å². The molecule has 0 atom stereocenters. The van der Waals surface area contributed by atoms with Gasteiger partial charge in [-0.05, 0) is 64.1 Å². The predicted octanol–water partition coefficient (Wildman–Crippen LogP) is 4.99. The van der Waals surface area contributed by atoms with Crippen molar-refractivity contribution < 1.29 is 9.53 Å². The third kappa shape index (κ3) is 3.94. The Morgan fingerprint density at radius 3 is 2.19 bits per heavy atom. The van der Waals surface area contributed by atoms with Crippen LogP contribution < -0.4 is 10.1 Å². The van der Waals surface area contributed by atoms with E-state index in [0.29, 0.717) is 17.0 Å². The summed E-state index contributed by atoms with van der Waals surface area (Å²) in [7, 11) is 0. The maximum Gasteiger partial charge on any atom is 0.259 e. The zero-order chi connectivity index (χ0) is 18.7. The predicted molar refractivity (Wildman–Crippen MR) is 103 cm³/mol. The summed E-state index contributed by atoms with van der Waals surface area (Å²) < 4.78 is 7.62. The molecular weight excluding hydrogens is 326 g/mol. The number of ether oxygens (including phenoxy) is 1. The molecule has 0 fully saturated rings. The normalized spacial score (nSPS) is 11.2. The number of carbonyl (C=O) groups is 1. The van der Waals surface area contributed by atoms with Gasteiger partial charge in [0.05, 0.1) is 17.3 Å². The summed E-state index contributed by atoms with van der Waals surface area (Å²) in [6.45, 7) is 8.07. The van der Waals surface area contributed by atoms with Crippen molar-refractivity contribution in [3.05, 3.63) is 72.1 Å². The molecular formula is C21H23N3O2. The Balaban J connectivity index is 1.69. The Labute approximate surface area is 153 Å². The molecule has 3 rings (SSSR count). The van der Waals surface area contributed by atoms with Gasteiger partial charge in [-0.1, -0.05) is 18.2 Å². The molecule has 1 N–H and O–H groups in total. The van der Waals surface area contributed by atoms with Gasteiger partial charge < -0.3 is 10.1 Å². The molecule has 1 heterocycles. The van der Waals surface area contributed by atoms with Gasteiger partial charge in [0.1, 0.15) is 11.5 Å². The summed E-state index contributed by atoms with van der Waals surface area (Å²) in [5.41, 5.74) is 1.96. The molecule has 0 saturated heterocycles. The van der Waals surface area contributed by atoms with Crippen LogP contribution in [0.25, 0.3) is 0 Å². The molecule has 1 aromatic heterocycles. The van der Waals surface area contributed by atoms with Crippen LogP contribution in [0.15, 0.2) is 60.8 Å². The number of nitrogens with zero attached hydrogens (tertiary/aromatic N) is 2. The third-order valence-electron chi connectivity index (χ3n) is 3.98. The number of para-hydroxylation sites is 1. The molecule has 0 aliphatic carbocycles. The first-order chi connectivity index (χ1) is 12.3. The highest BCUT2D eigenvalue weighted by Crippen LogP contribution is 2.23. The van der Waals surface area contributed by atoms with Gasteiger partial charge in [-0.3, -0.25) is 9.48 Å². The van der Waals surface area contributed by atoms with Gasteiger partial charge in [0.25, 0.3) is 5.91 Å². The molecule has 0 aliphatic heterocycles. The fourth-order valence-electron chi connectivity index (χ4n) is 2.74. The van der Waals surface area contributed by atoms with E-state index in [1.807, 2.05) is 66.2 Å². The summed E-state index contributed by atoms with van der Waals surface area (Å²) in [6, 6.07) is 16.9. The van der Waals surface area contributed by atoms with Crippen LogP contribution in [0.1, 0.15) is 36.8 Å². The summed E-state index contributed by atoms with van der Waals surface area (Å²) in [5.74, 6) is 1.31. The first-order valence-corrected chi connectivity index (χ1v) is 8.54. The number of benzene rings is 2. The minimum atomic E-state index is -0.172. The molecule has 3 aromatic rings. The summed E-state index contributed by atoms with van der Waals surface area (Å²) in [6.07, 6.45) is 1.61. The molecule has 0 bridgehead atoms. The second-order valence-corrected chi connectivity index (χ2v) is 7.12. The van der Waals surface area contributed by atoms with Crippen LogP contribution >= 0.6 is 0 Å². The molecule has 0 unspecified atom stereocenters. The summed E-state index contributed by atoms with van der Waals surface area (Å²) in [4.78, 5) is 12.6. The Kier molecular flexibility index (Phi) is 4.80. The number of anilines is 1. The van der Waals surface area contributed by atoms with Crippen LogP contribution in [-0.4, -0.2) is 15.7 Å². The monoisotopic (exact) mass is 349 g/mol. The standard InChI is InChI=1S/C21H23N3O2/c1-15-19(14-22-24(15)21(2,3)4)20(25)23-16-10-12-18(13-11-16)26-17-8-6-5-7-9-17/h5-14H,1-4H3,(H,23,25). The topological polar surface area (TPSA) is 56.1 Å². The molecule has 0 aliphatic rings. The van der Waals surface area contributed by atoms with Gasteiger partial charge >= 0.3 is 0 Å². The highest BCUT2D eigenvalue weighted by molar-refractivity contribution is 6.04. The van der Waals surface area contributed by atoms with Gasteiger partial charge in [0.2, 0.25) is 0 Å². The van der Waals surface area contributed by atoms with Crippen molar-refractivity contribution in [2.75, 3.05) is 5.32 Å². The number of hydrogen-bond acceptors (Lipinski definition) is 3. The van der Waals surface area contributed by atoms with Crippen molar-refractivity contribution >= 4 is 11.6 Å². The SMILES string of the molecule is Cc1c(C(=O)Nc2ccc(Oc3ccccc3)cc2)cnn1C(C)(C)C.